The van der Waals surface area contributed by atoms with Crippen molar-refractivity contribution in [2.75, 3.05) is 24.2 Å². The highest BCUT2D eigenvalue weighted by Crippen LogP contribution is 2.31. The van der Waals surface area contributed by atoms with Crippen LogP contribution in [0.1, 0.15) is 18.4 Å². The number of anilines is 1. The third-order valence-corrected chi connectivity index (χ3v) is 4.23. The van der Waals surface area contributed by atoms with E-state index in [4.69, 9.17) is 0 Å². The van der Waals surface area contributed by atoms with Crippen LogP contribution in [0.25, 0.3) is 0 Å². The summed E-state index contributed by atoms with van der Waals surface area (Å²) < 4.78 is 25.2. The maximum Gasteiger partial charge on any atom is 0.292 e. The van der Waals surface area contributed by atoms with Gasteiger partial charge in [0.15, 0.2) is 0 Å². The topological polar surface area (TPSA) is 92.6 Å². The van der Waals surface area contributed by atoms with Crippen LogP contribution < -0.4 is 9.62 Å². The smallest absolute Gasteiger partial charge is 0.292 e. The molecule has 1 atom stereocenters. The molecule has 1 N–H and O–H groups in total. The number of piperidine rings is 1. The molecule has 0 bridgehead atoms. The molecule has 2 rings (SSSR count). The summed E-state index contributed by atoms with van der Waals surface area (Å²) >= 11 is 0. The summed E-state index contributed by atoms with van der Waals surface area (Å²) in [7, 11) is -3.27. The summed E-state index contributed by atoms with van der Waals surface area (Å²) in [5, 5.41) is 11.2. The minimum Gasteiger partial charge on any atom is -0.364 e. The molecule has 0 radical (unpaired) electrons. The first-order chi connectivity index (χ1) is 9.76. The lowest BCUT2D eigenvalue weighted by atomic mass is 10.0. The standard InChI is InChI=1S/C13H19N3O4S/c1-10-5-6-12(13(8-10)16(17)18)15-7-3-4-11(9-15)14-21(2,19)20/h5-6,8,11,14H,3-4,7,9H2,1-2H3. The average Bonchev–Trinajstić information content (AvgIpc) is 2.36. The lowest BCUT2D eigenvalue weighted by Crippen LogP contribution is -2.47. The van der Waals surface area contributed by atoms with E-state index >= 15 is 0 Å². The van der Waals surface area contributed by atoms with Crippen LogP contribution in [0.15, 0.2) is 18.2 Å². The van der Waals surface area contributed by atoms with E-state index in [1.54, 1.807) is 19.1 Å². The third kappa shape index (κ3) is 4.15. The predicted octanol–water partition coefficient (Wildman–Crippen LogP) is 1.42. The Morgan fingerprint density at radius 3 is 2.76 bits per heavy atom. The van der Waals surface area contributed by atoms with Crippen LogP contribution >= 0.6 is 0 Å². The molecule has 0 aliphatic carbocycles. The lowest BCUT2D eigenvalue weighted by Gasteiger charge is -2.34. The van der Waals surface area contributed by atoms with E-state index in [-0.39, 0.29) is 11.7 Å². The number of hydrogen-bond donors (Lipinski definition) is 1. The number of rotatable bonds is 4. The Morgan fingerprint density at radius 2 is 2.14 bits per heavy atom. The molecule has 0 saturated carbocycles. The lowest BCUT2D eigenvalue weighted by molar-refractivity contribution is -0.384. The largest absolute Gasteiger partial charge is 0.364 e. The van der Waals surface area contributed by atoms with E-state index in [2.05, 4.69) is 4.72 Å². The molecule has 1 aliphatic rings. The predicted molar refractivity (Wildman–Crippen MR) is 81.0 cm³/mol. The Bertz CT molecular complexity index is 645. The van der Waals surface area contributed by atoms with Gasteiger partial charge in [0.2, 0.25) is 10.0 Å². The second kappa shape index (κ2) is 5.98. The van der Waals surface area contributed by atoms with Gasteiger partial charge in [-0.05, 0) is 31.4 Å². The van der Waals surface area contributed by atoms with E-state index in [1.165, 1.54) is 0 Å². The molecule has 1 saturated heterocycles. The average molecular weight is 313 g/mol. The van der Waals surface area contributed by atoms with Crippen molar-refractivity contribution in [2.45, 2.75) is 25.8 Å². The van der Waals surface area contributed by atoms with Crippen LogP contribution in [-0.4, -0.2) is 38.7 Å². The van der Waals surface area contributed by atoms with Gasteiger partial charge in [0.25, 0.3) is 5.69 Å². The molecule has 116 valence electrons. The van der Waals surface area contributed by atoms with E-state index in [1.807, 2.05) is 11.0 Å². The van der Waals surface area contributed by atoms with Crippen molar-refractivity contribution >= 4 is 21.4 Å². The second-order valence-electron chi connectivity index (χ2n) is 5.42. The molecule has 1 unspecified atom stereocenters. The number of nitro groups is 1. The summed E-state index contributed by atoms with van der Waals surface area (Å²) in [6.45, 7) is 2.93. The van der Waals surface area contributed by atoms with Crippen molar-refractivity contribution in [1.82, 2.24) is 4.72 Å². The van der Waals surface area contributed by atoms with Crippen molar-refractivity contribution < 1.29 is 13.3 Å². The molecule has 21 heavy (non-hydrogen) atoms. The van der Waals surface area contributed by atoms with Crippen molar-refractivity contribution in [3.63, 3.8) is 0 Å². The summed E-state index contributed by atoms with van der Waals surface area (Å²) in [5.74, 6) is 0. The molecule has 8 heteroatoms. The molecule has 0 spiro atoms. The highest BCUT2D eigenvalue weighted by Gasteiger charge is 2.26. The van der Waals surface area contributed by atoms with Gasteiger partial charge in [-0.15, -0.1) is 0 Å². The summed E-state index contributed by atoms with van der Waals surface area (Å²) in [6, 6.07) is 4.89. The van der Waals surface area contributed by atoms with Crippen molar-refractivity contribution in [3.05, 3.63) is 33.9 Å². The Labute approximate surface area is 124 Å². The molecule has 0 amide bonds. The van der Waals surface area contributed by atoms with Crippen LogP contribution in [0.4, 0.5) is 11.4 Å². The normalized spacial score (nSPS) is 19.5. The number of aryl methyl sites for hydroxylation is 1. The zero-order chi connectivity index (χ0) is 15.6. The fourth-order valence-corrected chi connectivity index (χ4v) is 3.44. The van der Waals surface area contributed by atoms with E-state index in [9.17, 15) is 18.5 Å². The number of nitrogens with one attached hydrogen (secondary N) is 1. The van der Waals surface area contributed by atoms with E-state index < -0.39 is 14.9 Å². The zero-order valence-electron chi connectivity index (χ0n) is 12.1. The first kappa shape index (κ1) is 15.7. The van der Waals surface area contributed by atoms with Crippen LogP contribution in [0.5, 0.6) is 0 Å². The quantitative estimate of drug-likeness (QED) is 0.670. The molecule has 1 heterocycles. The van der Waals surface area contributed by atoms with E-state index in [0.29, 0.717) is 18.8 Å². The van der Waals surface area contributed by atoms with Crippen molar-refractivity contribution in [3.8, 4) is 0 Å². The second-order valence-corrected chi connectivity index (χ2v) is 7.20. The SMILES string of the molecule is Cc1ccc(N2CCCC(NS(C)(=O)=O)C2)c([N+](=O)[O-])c1. The highest BCUT2D eigenvalue weighted by atomic mass is 32.2. The minimum absolute atomic E-state index is 0.0648. The number of nitro benzene ring substituents is 1. The molecule has 7 nitrogen and oxygen atoms in total. The van der Waals surface area contributed by atoms with Gasteiger partial charge in [0.05, 0.1) is 11.2 Å². The fourth-order valence-electron chi connectivity index (χ4n) is 2.64. The van der Waals surface area contributed by atoms with Gasteiger partial charge in [-0.2, -0.15) is 0 Å². The molecule has 1 aliphatic heterocycles. The Balaban J connectivity index is 2.24. The zero-order valence-corrected chi connectivity index (χ0v) is 12.9. The van der Waals surface area contributed by atoms with Gasteiger partial charge in [-0.1, -0.05) is 6.07 Å². The molecule has 1 aromatic rings. The first-order valence-electron chi connectivity index (χ1n) is 6.73. The Kier molecular flexibility index (Phi) is 4.48. The van der Waals surface area contributed by atoms with Gasteiger partial charge in [0.1, 0.15) is 5.69 Å². The number of nitrogens with zero attached hydrogens (tertiary/aromatic N) is 2. The first-order valence-corrected chi connectivity index (χ1v) is 8.63. The van der Waals surface area contributed by atoms with Crippen molar-refractivity contribution in [1.29, 1.82) is 0 Å². The van der Waals surface area contributed by atoms with E-state index in [0.717, 1.165) is 24.7 Å². The molecule has 1 fully saturated rings. The van der Waals surface area contributed by atoms with Crippen LogP contribution in [-0.2, 0) is 10.0 Å². The molecule has 0 aromatic heterocycles. The number of hydrogen-bond acceptors (Lipinski definition) is 5. The third-order valence-electron chi connectivity index (χ3n) is 3.47. The maximum atomic E-state index is 11.3. The summed E-state index contributed by atoms with van der Waals surface area (Å²) in [4.78, 5) is 12.7. The highest BCUT2D eigenvalue weighted by molar-refractivity contribution is 7.88. The fraction of sp³-hybridized carbons (Fsp3) is 0.538. The molecular formula is C13H19N3O4S. The number of benzene rings is 1. The van der Waals surface area contributed by atoms with Gasteiger partial charge < -0.3 is 4.90 Å². The number of sulfonamides is 1. The van der Waals surface area contributed by atoms with Crippen LogP contribution in [0, 0.1) is 17.0 Å². The van der Waals surface area contributed by atoms with Gasteiger partial charge in [-0.3, -0.25) is 10.1 Å². The molecule has 1 aromatic carbocycles. The summed E-state index contributed by atoms with van der Waals surface area (Å²) in [5.41, 5.74) is 1.44. The van der Waals surface area contributed by atoms with Gasteiger partial charge in [0, 0.05) is 25.2 Å². The Morgan fingerprint density at radius 1 is 1.43 bits per heavy atom. The maximum absolute atomic E-state index is 11.3. The van der Waals surface area contributed by atoms with Crippen LogP contribution in [0.3, 0.4) is 0 Å². The van der Waals surface area contributed by atoms with Crippen molar-refractivity contribution in [2.24, 2.45) is 0 Å². The summed E-state index contributed by atoms with van der Waals surface area (Å²) in [6.07, 6.45) is 2.65. The molecular weight excluding hydrogens is 294 g/mol. The monoisotopic (exact) mass is 313 g/mol. The minimum atomic E-state index is -3.27. The Hall–Kier alpha value is -1.67. The van der Waals surface area contributed by atoms with Gasteiger partial charge in [-0.25, -0.2) is 13.1 Å². The van der Waals surface area contributed by atoms with Gasteiger partial charge >= 0.3 is 0 Å². The van der Waals surface area contributed by atoms with Crippen LogP contribution in [0.2, 0.25) is 0 Å².